The highest BCUT2D eigenvalue weighted by atomic mass is 16.3. The number of carbonyl (C=O) groups is 1. The molecule has 6 heteroatoms. The lowest BCUT2D eigenvalue weighted by Gasteiger charge is -2.31. The molecule has 1 amide bonds. The summed E-state index contributed by atoms with van der Waals surface area (Å²) >= 11 is 0. The number of carbonyl (C=O) groups excluding carboxylic acids is 1. The Morgan fingerprint density at radius 3 is 3.15 bits per heavy atom. The molecule has 1 atom stereocenters. The maximum atomic E-state index is 11.9. The normalized spacial score (nSPS) is 24.1. The Balaban J connectivity index is 1.77. The van der Waals surface area contributed by atoms with E-state index in [9.17, 15) is 4.79 Å². The largest absolute Gasteiger partial charge is 0.395 e. The Labute approximate surface area is 118 Å². The molecule has 3 heterocycles. The van der Waals surface area contributed by atoms with Crippen LogP contribution in [0, 0.1) is 0 Å². The summed E-state index contributed by atoms with van der Waals surface area (Å²) in [7, 11) is 0. The molecular formula is C14H22N4O2. The van der Waals surface area contributed by atoms with E-state index in [1.54, 1.807) is 0 Å². The Kier molecular flexibility index (Phi) is 4.03. The molecular weight excluding hydrogens is 256 g/mol. The molecule has 0 radical (unpaired) electrons. The molecule has 0 unspecified atom stereocenters. The lowest BCUT2D eigenvalue weighted by atomic mass is 9.97. The van der Waals surface area contributed by atoms with Gasteiger partial charge in [0.25, 0.3) is 5.91 Å². The fourth-order valence-corrected chi connectivity index (χ4v) is 3.17. The summed E-state index contributed by atoms with van der Waals surface area (Å²) < 4.78 is 0. The molecule has 1 aromatic rings. The summed E-state index contributed by atoms with van der Waals surface area (Å²) in [6, 6.07) is 0. The molecule has 1 fully saturated rings. The van der Waals surface area contributed by atoms with E-state index in [0.29, 0.717) is 11.6 Å². The summed E-state index contributed by atoms with van der Waals surface area (Å²) in [5.74, 6) is 1.23. The number of aromatic amines is 1. The Morgan fingerprint density at radius 2 is 2.30 bits per heavy atom. The number of likely N-dealkylation sites (tertiary alicyclic amines) is 1. The van der Waals surface area contributed by atoms with Crippen molar-refractivity contribution in [2.75, 3.05) is 32.8 Å². The number of aliphatic hydroxyl groups is 1. The molecule has 1 saturated heterocycles. The van der Waals surface area contributed by atoms with Gasteiger partial charge in [-0.2, -0.15) is 0 Å². The quantitative estimate of drug-likeness (QED) is 0.741. The van der Waals surface area contributed by atoms with E-state index in [-0.39, 0.29) is 12.5 Å². The molecule has 6 nitrogen and oxygen atoms in total. The zero-order valence-corrected chi connectivity index (χ0v) is 11.7. The maximum Gasteiger partial charge on any atom is 0.271 e. The number of hydrogen-bond donors (Lipinski definition) is 3. The number of hydrogen-bond acceptors (Lipinski definition) is 4. The van der Waals surface area contributed by atoms with Gasteiger partial charge in [0.15, 0.2) is 0 Å². The van der Waals surface area contributed by atoms with E-state index >= 15 is 0 Å². The molecule has 20 heavy (non-hydrogen) atoms. The van der Waals surface area contributed by atoms with Crippen molar-refractivity contribution in [3.8, 4) is 0 Å². The second kappa shape index (κ2) is 5.93. The van der Waals surface area contributed by atoms with Crippen LogP contribution in [0.3, 0.4) is 0 Å². The predicted molar refractivity (Wildman–Crippen MR) is 74.7 cm³/mol. The number of imidazole rings is 1. The van der Waals surface area contributed by atoms with E-state index in [2.05, 4.69) is 20.2 Å². The number of fused-ring (bicyclic) bond motifs is 1. The zero-order valence-electron chi connectivity index (χ0n) is 11.7. The van der Waals surface area contributed by atoms with Crippen molar-refractivity contribution in [3.63, 3.8) is 0 Å². The number of aliphatic hydroxyl groups excluding tert-OH is 1. The van der Waals surface area contributed by atoms with Crippen LogP contribution >= 0.6 is 0 Å². The lowest BCUT2D eigenvalue weighted by molar-refractivity contribution is 0.0951. The van der Waals surface area contributed by atoms with Gasteiger partial charge in [-0.25, -0.2) is 4.98 Å². The van der Waals surface area contributed by atoms with Gasteiger partial charge in [-0.3, -0.25) is 4.79 Å². The number of nitrogens with one attached hydrogen (secondary N) is 2. The van der Waals surface area contributed by atoms with Crippen LogP contribution in [0.4, 0.5) is 0 Å². The van der Waals surface area contributed by atoms with Crippen LogP contribution in [-0.4, -0.2) is 58.7 Å². The van der Waals surface area contributed by atoms with Gasteiger partial charge in [0, 0.05) is 31.2 Å². The fraction of sp³-hybridized carbons (Fsp3) is 0.714. The van der Waals surface area contributed by atoms with Gasteiger partial charge in [0.1, 0.15) is 11.5 Å². The van der Waals surface area contributed by atoms with Gasteiger partial charge in [-0.1, -0.05) is 0 Å². The van der Waals surface area contributed by atoms with E-state index < -0.39 is 0 Å². The number of aryl methyl sites for hydroxylation is 1. The predicted octanol–water partition coefficient (Wildman–Crippen LogP) is 0.257. The van der Waals surface area contributed by atoms with Crippen molar-refractivity contribution in [2.45, 2.75) is 31.6 Å². The number of piperidine rings is 1. The summed E-state index contributed by atoms with van der Waals surface area (Å²) in [5.41, 5.74) is 1.56. The van der Waals surface area contributed by atoms with Crippen LogP contribution in [0.25, 0.3) is 0 Å². The number of amides is 1. The highest BCUT2D eigenvalue weighted by Gasteiger charge is 2.27. The first-order valence-electron chi connectivity index (χ1n) is 7.48. The summed E-state index contributed by atoms with van der Waals surface area (Å²) in [6.07, 6.45) is 4.05. The minimum Gasteiger partial charge on any atom is -0.395 e. The van der Waals surface area contributed by atoms with E-state index in [1.165, 1.54) is 0 Å². The van der Waals surface area contributed by atoms with Crippen LogP contribution in [0.1, 0.15) is 47.2 Å². The Bertz CT molecular complexity index is 484. The molecule has 3 rings (SSSR count). The molecule has 3 N–H and O–H groups in total. The van der Waals surface area contributed by atoms with E-state index in [4.69, 9.17) is 5.11 Å². The molecule has 2 aliphatic rings. The summed E-state index contributed by atoms with van der Waals surface area (Å²) in [6.45, 7) is 3.60. The molecule has 0 aliphatic carbocycles. The van der Waals surface area contributed by atoms with Crippen LogP contribution in [-0.2, 0) is 6.42 Å². The minimum absolute atomic E-state index is 0.0528. The number of β-amino-alcohol motifs (C(OH)–C–C–N with tert-alkyl or cyclic N) is 1. The summed E-state index contributed by atoms with van der Waals surface area (Å²) in [5, 5.41) is 11.9. The zero-order chi connectivity index (χ0) is 13.9. The SMILES string of the molecule is O=C1NCCCc2[nH]c([C@H]3CCCN(CCO)C3)nc21. The average molecular weight is 278 g/mol. The molecule has 2 aliphatic heterocycles. The van der Waals surface area contributed by atoms with Crippen molar-refractivity contribution in [3.05, 3.63) is 17.2 Å². The molecule has 1 aromatic heterocycles. The molecule has 0 bridgehead atoms. The Morgan fingerprint density at radius 1 is 1.40 bits per heavy atom. The van der Waals surface area contributed by atoms with Gasteiger partial charge in [-0.15, -0.1) is 0 Å². The minimum atomic E-state index is -0.0528. The summed E-state index contributed by atoms with van der Waals surface area (Å²) in [4.78, 5) is 22.1. The number of H-pyrrole nitrogens is 1. The first-order valence-corrected chi connectivity index (χ1v) is 7.48. The first kappa shape index (κ1) is 13.6. The molecule has 110 valence electrons. The van der Waals surface area contributed by atoms with Crippen molar-refractivity contribution in [1.82, 2.24) is 20.2 Å². The fourth-order valence-electron chi connectivity index (χ4n) is 3.17. The molecule has 0 saturated carbocycles. The third kappa shape index (κ3) is 2.71. The van der Waals surface area contributed by atoms with Crippen LogP contribution in [0.15, 0.2) is 0 Å². The van der Waals surface area contributed by atoms with Crippen molar-refractivity contribution >= 4 is 5.91 Å². The van der Waals surface area contributed by atoms with Crippen LogP contribution in [0.5, 0.6) is 0 Å². The monoisotopic (exact) mass is 278 g/mol. The number of aromatic nitrogens is 2. The van der Waals surface area contributed by atoms with Gasteiger partial charge >= 0.3 is 0 Å². The maximum absolute atomic E-state index is 11.9. The molecule has 0 spiro atoms. The highest BCUT2D eigenvalue weighted by molar-refractivity contribution is 5.93. The Hall–Kier alpha value is -1.40. The van der Waals surface area contributed by atoms with Gasteiger partial charge in [0.05, 0.1) is 6.61 Å². The highest BCUT2D eigenvalue weighted by Crippen LogP contribution is 2.26. The van der Waals surface area contributed by atoms with Gasteiger partial charge in [0.2, 0.25) is 0 Å². The van der Waals surface area contributed by atoms with Gasteiger partial charge in [-0.05, 0) is 32.2 Å². The number of rotatable bonds is 3. The van der Waals surface area contributed by atoms with E-state index in [1.807, 2.05) is 0 Å². The van der Waals surface area contributed by atoms with Crippen molar-refractivity contribution < 1.29 is 9.90 Å². The average Bonchev–Trinajstić information content (AvgIpc) is 2.81. The van der Waals surface area contributed by atoms with Crippen LogP contribution < -0.4 is 5.32 Å². The number of nitrogens with zero attached hydrogens (tertiary/aromatic N) is 2. The lowest BCUT2D eigenvalue weighted by Crippen LogP contribution is -2.36. The van der Waals surface area contributed by atoms with Crippen molar-refractivity contribution in [1.29, 1.82) is 0 Å². The van der Waals surface area contributed by atoms with Crippen LogP contribution in [0.2, 0.25) is 0 Å². The van der Waals surface area contributed by atoms with E-state index in [0.717, 1.165) is 63.4 Å². The third-order valence-corrected chi connectivity index (χ3v) is 4.21. The second-order valence-electron chi connectivity index (χ2n) is 5.67. The van der Waals surface area contributed by atoms with Gasteiger partial charge < -0.3 is 20.3 Å². The second-order valence-corrected chi connectivity index (χ2v) is 5.67. The molecule has 0 aromatic carbocycles. The topological polar surface area (TPSA) is 81.2 Å². The first-order chi connectivity index (χ1) is 9.78. The standard InChI is InChI=1S/C14H22N4O2/c19-8-7-18-6-2-3-10(9-18)13-16-11-4-1-5-15-14(20)12(11)17-13/h10,19H,1-9H2,(H,15,20)(H,16,17)/t10-/m0/s1. The smallest absolute Gasteiger partial charge is 0.271 e. The third-order valence-electron chi connectivity index (χ3n) is 4.21. The van der Waals surface area contributed by atoms with Crippen molar-refractivity contribution in [2.24, 2.45) is 0 Å².